The van der Waals surface area contributed by atoms with E-state index in [1.54, 1.807) is 0 Å². The van der Waals surface area contributed by atoms with Crippen LogP contribution in [0.1, 0.15) is 19.3 Å². The number of alkyl halides is 2. The Balaban J connectivity index is 1.97. The fourth-order valence-corrected chi connectivity index (χ4v) is 1.73. The molecule has 2 aliphatic rings. The largest absolute Gasteiger partial charge is 0.323 e. The Hall–Kier alpha value is -0.220. The molecule has 1 unspecified atom stereocenters. The minimum atomic E-state index is -2.67. The third kappa shape index (κ3) is 1.45. The Morgan fingerprint density at radius 2 is 1.92 bits per heavy atom. The Morgan fingerprint density at radius 1 is 1.25 bits per heavy atom. The lowest BCUT2D eigenvalue weighted by Gasteiger charge is -2.36. The van der Waals surface area contributed by atoms with Crippen LogP contribution in [0.4, 0.5) is 8.78 Å². The molecule has 2 nitrogen and oxygen atoms in total. The van der Waals surface area contributed by atoms with E-state index >= 15 is 0 Å². The summed E-state index contributed by atoms with van der Waals surface area (Å²) in [4.78, 5) is 1.88. The number of rotatable bonds is 1. The van der Waals surface area contributed by atoms with Crippen LogP contribution in [-0.4, -0.2) is 36.0 Å². The number of likely N-dealkylation sites (tertiary alicyclic amines) is 1. The molecule has 0 amide bonds. The van der Waals surface area contributed by atoms with Crippen molar-refractivity contribution < 1.29 is 8.78 Å². The highest BCUT2D eigenvalue weighted by molar-refractivity contribution is 4.95. The summed E-state index contributed by atoms with van der Waals surface area (Å²) in [6.45, 7) is 0.625. The number of nitrogens with zero attached hydrogens (tertiary/aromatic N) is 1. The van der Waals surface area contributed by atoms with Crippen molar-refractivity contribution in [1.29, 1.82) is 0 Å². The Kier molecular flexibility index (Phi) is 1.84. The van der Waals surface area contributed by atoms with Crippen molar-refractivity contribution in [3.8, 4) is 0 Å². The van der Waals surface area contributed by atoms with Gasteiger partial charge in [-0.25, -0.2) is 8.78 Å². The van der Waals surface area contributed by atoms with Gasteiger partial charge in [0.15, 0.2) is 0 Å². The van der Waals surface area contributed by atoms with Crippen LogP contribution in [0.15, 0.2) is 0 Å². The minimum Gasteiger partial charge on any atom is -0.323 e. The van der Waals surface area contributed by atoms with Crippen molar-refractivity contribution in [2.75, 3.05) is 13.1 Å². The van der Waals surface area contributed by atoms with Crippen LogP contribution in [0.3, 0.4) is 0 Å². The Morgan fingerprint density at radius 3 is 2.42 bits per heavy atom. The number of nitrogens with two attached hydrogens (primary N) is 1. The van der Waals surface area contributed by atoms with Gasteiger partial charge < -0.3 is 5.73 Å². The second-order valence-corrected chi connectivity index (χ2v) is 3.86. The summed E-state index contributed by atoms with van der Waals surface area (Å²) in [5.41, 5.74) is 5.32. The molecule has 0 spiro atoms. The molecule has 0 aromatic rings. The number of hydrogen-bond donors (Lipinski definition) is 1. The van der Waals surface area contributed by atoms with E-state index in [0.717, 1.165) is 19.4 Å². The van der Waals surface area contributed by atoms with Gasteiger partial charge in [0.05, 0.1) is 12.6 Å². The molecule has 1 atom stereocenters. The number of piperidine rings is 1. The van der Waals surface area contributed by atoms with Crippen LogP contribution >= 0.6 is 0 Å². The number of hydrogen-bond acceptors (Lipinski definition) is 2. The summed E-state index contributed by atoms with van der Waals surface area (Å²) in [6, 6.07) is -0.490. The molecule has 70 valence electrons. The third-order valence-corrected chi connectivity index (χ3v) is 2.75. The molecule has 1 aliphatic carbocycles. The van der Waals surface area contributed by atoms with E-state index in [-0.39, 0.29) is 6.54 Å². The molecule has 0 bridgehead atoms. The molecular formula is C8H14F2N2. The van der Waals surface area contributed by atoms with Gasteiger partial charge in [-0.15, -0.1) is 0 Å². The van der Waals surface area contributed by atoms with Gasteiger partial charge >= 0.3 is 0 Å². The highest BCUT2D eigenvalue weighted by Crippen LogP contribution is 2.34. The molecule has 2 N–H and O–H groups in total. The van der Waals surface area contributed by atoms with Crippen molar-refractivity contribution in [2.24, 2.45) is 5.73 Å². The van der Waals surface area contributed by atoms with Crippen molar-refractivity contribution in [2.45, 2.75) is 37.3 Å². The van der Waals surface area contributed by atoms with Crippen molar-refractivity contribution in [1.82, 2.24) is 4.90 Å². The first-order valence-corrected chi connectivity index (χ1v) is 4.47. The number of halogens is 2. The first-order chi connectivity index (χ1) is 5.59. The zero-order valence-electron chi connectivity index (χ0n) is 6.97. The second kappa shape index (κ2) is 2.64. The van der Waals surface area contributed by atoms with Gasteiger partial charge in [0.2, 0.25) is 0 Å². The van der Waals surface area contributed by atoms with E-state index in [2.05, 4.69) is 0 Å². The van der Waals surface area contributed by atoms with Crippen LogP contribution in [0.2, 0.25) is 0 Å². The lowest BCUT2D eigenvalue weighted by atomic mass is 10.0. The van der Waals surface area contributed by atoms with E-state index in [1.165, 1.54) is 0 Å². The molecule has 12 heavy (non-hydrogen) atoms. The van der Waals surface area contributed by atoms with Gasteiger partial charge in [-0.1, -0.05) is 0 Å². The monoisotopic (exact) mass is 176 g/mol. The maximum absolute atomic E-state index is 13.1. The standard InChI is InChI=1S/C8H14F2N2/c9-8(10)5-12(6-1-2-6)4-3-7(8)11/h6-7H,1-5,11H2. The molecule has 0 aromatic carbocycles. The maximum Gasteiger partial charge on any atom is 0.275 e. The van der Waals surface area contributed by atoms with Gasteiger partial charge in [0.25, 0.3) is 5.92 Å². The van der Waals surface area contributed by atoms with Gasteiger partial charge in [0.1, 0.15) is 0 Å². The van der Waals surface area contributed by atoms with Crippen LogP contribution in [0.5, 0.6) is 0 Å². The SMILES string of the molecule is NC1CCN(C2CC2)CC1(F)F. The molecule has 0 aromatic heterocycles. The summed E-state index contributed by atoms with van der Waals surface area (Å²) in [7, 11) is 0. The average Bonchev–Trinajstić information content (AvgIpc) is 2.76. The Labute approximate surface area is 70.7 Å². The van der Waals surface area contributed by atoms with Crippen molar-refractivity contribution >= 4 is 0 Å². The first kappa shape index (κ1) is 8.38. The topological polar surface area (TPSA) is 29.3 Å². The van der Waals surface area contributed by atoms with E-state index in [0.29, 0.717) is 12.5 Å². The molecule has 2 rings (SSSR count). The normalized spacial score (nSPS) is 36.8. The molecule has 1 heterocycles. The van der Waals surface area contributed by atoms with Gasteiger partial charge in [-0.05, 0) is 19.3 Å². The van der Waals surface area contributed by atoms with E-state index in [9.17, 15) is 8.78 Å². The highest BCUT2D eigenvalue weighted by Gasteiger charge is 2.45. The lowest BCUT2D eigenvalue weighted by Crippen LogP contribution is -2.55. The fourth-order valence-electron chi connectivity index (χ4n) is 1.73. The van der Waals surface area contributed by atoms with Crippen molar-refractivity contribution in [3.63, 3.8) is 0 Å². The predicted molar refractivity (Wildman–Crippen MR) is 42.1 cm³/mol. The smallest absolute Gasteiger partial charge is 0.275 e. The summed E-state index contributed by atoms with van der Waals surface area (Å²) in [5, 5.41) is 0. The van der Waals surface area contributed by atoms with Crippen LogP contribution in [0.25, 0.3) is 0 Å². The van der Waals surface area contributed by atoms with Crippen LogP contribution in [0, 0.1) is 0 Å². The van der Waals surface area contributed by atoms with E-state index in [4.69, 9.17) is 5.73 Å². The molecule has 2 fully saturated rings. The molecule has 0 radical (unpaired) electrons. The van der Waals surface area contributed by atoms with Gasteiger partial charge in [0, 0.05) is 12.6 Å². The van der Waals surface area contributed by atoms with Crippen LogP contribution in [-0.2, 0) is 0 Å². The molecule has 4 heteroatoms. The molecular weight excluding hydrogens is 162 g/mol. The quantitative estimate of drug-likeness (QED) is 0.640. The summed E-state index contributed by atoms with van der Waals surface area (Å²) < 4.78 is 26.1. The molecule has 1 aliphatic heterocycles. The summed E-state index contributed by atoms with van der Waals surface area (Å²) >= 11 is 0. The summed E-state index contributed by atoms with van der Waals surface area (Å²) in [6.07, 6.45) is 2.61. The van der Waals surface area contributed by atoms with Crippen molar-refractivity contribution in [3.05, 3.63) is 0 Å². The highest BCUT2D eigenvalue weighted by atomic mass is 19.3. The average molecular weight is 176 g/mol. The van der Waals surface area contributed by atoms with E-state index in [1.807, 2.05) is 4.90 Å². The maximum atomic E-state index is 13.1. The predicted octanol–water partition coefficient (Wildman–Crippen LogP) is 0.817. The molecule has 1 saturated heterocycles. The zero-order valence-corrected chi connectivity index (χ0v) is 6.97. The Bertz CT molecular complexity index is 180. The third-order valence-electron chi connectivity index (χ3n) is 2.75. The van der Waals surface area contributed by atoms with Gasteiger partial charge in [-0.3, -0.25) is 4.90 Å². The second-order valence-electron chi connectivity index (χ2n) is 3.86. The zero-order chi connectivity index (χ0) is 8.77. The van der Waals surface area contributed by atoms with Crippen LogP contribution < -0.4 is 5.73 Å². The fraction of sp³-hybridized carbons (Fsp3) is 1.00. The van der Waals surface area contributed by atoms with Gasteiger partial charge in [-0.2, -0.15) is 0 Å². The van der Waals surface area contributed by atoms with E-state index < -0.39 is 12.0 Å². The first-order valence-electron chi connectivity index (χ1n) is 4.47. The minimum absolute atomic E-state index is 0.126. The lowest BCUT2D eigenvalue weighted by molar-refractivity contribution is -0.0817. The molecule has 1 saturated carbocycles. The summed E-state index contributed by atoms with van der Waals surface area (Å²) in [5.74, 6) is -2.67.